The van der Waals surface area contributed by atoms with Crippen LogP contribution in [0.3, 0.4) is 0 Å². The molecule has 5 heteroatoms. The fourth-order valence-electron chi connectivity index (χ4n) is 5.96. The molecule has 1 fully saturated rings. The molecule has 2 aromatic rings. The van der Waals surface area contributed by atoms with Crippen molar-refractivity contribution in [2.24, 2.45) is 21.7 Å². The average Bonchev–Trinajstić information content (AvgIpc) is 3.07. The van der Waals surface area contributed by atoms with Crippen LogP contribution in [0.5, 0.6) is 0 Å². The third-order valence-corrected chi connectivity index (χ3v) is 7.71. The van der Waals surface area contributed by atoms with Crippen molar-refractivity contribution >= 4 is 17.6 Å². The average molecular weight is 434 g/mol. The molecule has 4 rings (SSSR count). The van der Waals surface area contributed by atoms with E-state index in [4.69, 9.17) is 10.4 Å². The molecular weight excluding hydrogens is 401 g/mol. The van der Waals surface area contributed by atoms with Crippen LogP contribution in [-0.2, 0) is 0 Å². The summed E-state index contributed by atoms with van der Waals surface area (Å²) in [6.07, 6.45) is 10.3. The third-order valence-electron chi connectivity index (χ3n) is 7.71. The van der Waals surface area contributed by atoms with Gasteiger partial charge in [-0.15, -0.1) is 0 Å². The maximum absolute atomic E-state index is 13.3. The first-order valence-electron chi connectivity index (χ1n) is 11.6. The molecule has 2 N–H and O–H groups in total. The van der Waals surface area contributed by atoms with E-state index in [1.54, 1.807) is 18.3 Å². The Labute approximate surface area is 189 Å². The number of halogens is 1. The van der Waals surface area contributed by atoms with Crippen LogP contribution in [0.4, 0.5) is 10.1 Å². The first-order chi connectivity index (χ1) is 15.4. The van der Waals surface area contributed by atoms with Crippen LogP contribution >= 0.6 is 0 Å². The maximum atomic E-state index is 13.3. The summed E-state index contributed by atoms with van der Waals surface area (Å²) in [5.74, 6) is -0.381. The number of nitrogens with zero attached hydrogens (tertiary/aromatic N) is 2. The first kappa shape index (κ1) is 22.5. The molecular formula is C27H32FN3O. The Kier molecular flexibility index (Phi) is 6.38. The van der Waals surface area contributed by atoms with Crippen molar-refractivity contribution < 1.29 is 9.50 Å². The molecule has 0 amide bonds. The Morgan fingerprint density at radius 3 is 2.72 bits per heavy atom. The second-order valence-electron chi connectivity index (χ2n) is 9.50. The number of allylic oxidation sites excluding steroid dienone is 2. The minimum atomic E-state index is -0.605. The fraction of sp³-hybridized carbons (Fsp3) is 0.444. The van der Waals surface area contributed by atoms with Gasteiger partial charge in [0.1, 0.15) is 5.82 Å². The van der Waals surface area contributed by atoms with E-state index in [1.165, 1.54) is 23.9 Å². The van der Waals surface area contributed by atoms with Crippen molar-refractivity contribution in [2.75, 3.05) is 0 Å². The highest BCUT2D eigenvalue weighted by Gasteiger charge is 2.56. The van der Waals surface area contributed by atoms with E-state index >= 15 is 0 Å². The van der Waals surface area contributed by atoms with Crippen LogP contribution in [-0.4, -0.2) is 22.0 Å². The van der Waals surface area contributed by atoms with Crippen LogP contribution in [0.25, 0.3) is 0 Å². The molecule has 0 bridgehead atoms. The zero-order valence-corrected chi connectivity index (χ0v) is 18.9. The standard InChI is InChI=1S/C27H32FN3O/c1-3-12-27(17-25(32)23-6-4-5-14-30-23)13-11-20-15-24(19(18-29)16-26(20,27)2)31-22-9-7-21(28)8-10-22/h4-10,14-15,18-19,25,29,32H,3,11-13,16-17H2,1-2H3. The van der Waals surface area contributed by atoms with Gasteiger partial charge in [0.15, 0.2) is 0 Å². The predicted octanol–water partition coefficient (Wildman–Crippen LogP) is 6.60. The molecule has 2 aliphatic carbocycles. The number of rotatable bonds is 7. The van der Waals surface area contributed by atoms with Gasteiger partial charge >= 0.3 is 0 Å². The molecule has 0 saturated heterocycles. The molecule has 4 nitrogen and oxygen atoms in total. The highest BCUT2D eigenvalue weighted by atomic mass is 19.1. The number of hydrogen-bond donors (Lipinski definition) is 2. The lowest BCUT2D eigenvalue weighted by Crippen LogP contribution is -2.42. The van der Waals surface area contributed by atoms with Gasteiger partial charge in [-0.3, -0.25) is 9.98 Å². The van der Waals surface area contributed by atoms with Crippen molar-refractivity contribution in [1.82, 2.24) is 4.98 Å². The lowest BCUT2D eigenvalue weighted by Gasteiger charge is -2.49. The molecule has 4 unspecified atom stereocenters. The molecule has 4 atom stereocenters. The van der Waals surface area contributed by atoms with Crippen LogP contribution in [0.2, 0.25) is 0 Å². The van der Waals surface area contributed by atoms with Crippen molar-refractivity contribution in [3.05, 3.63) is 71.8 Å². The minimum absolute atomic E-state index is 0.0484. The van der Waals surface area contributed by atoms with Crippen molar-refractivity contribution in [3.8, 4) is 0 Å². The monoisotopic (exact) mass is 433 g/mol. The van der Waals surface area contributed by atoms with Crippen molar-refractivity contribution in [2.45, 2.75) is 58.5 Å². The summed E-state index contributed by atoms with van der Waals surface area (Å²) in [4.78, 5) is 9.16. The molecule has 2 aliphatic rings. The number of aliphatic hydroxyl groups excluding tert-OH is 1. The molecule has 0 aliphatic heterocycles. The van der Waals surface area contributed by atoms with E-state index in [-0.39, 0.29) is 22.6 Å². The zero-order chi connectivity index (χ0) is 22.8. The van der Waals surface area contributed by atoms with E-state index in [0.717, 1.165) is 43.5 Å². The van der Waals surface area contributed by atoms with Crippen LogP contribution in [0, 0.1) is 28.0 Å². The molecule has 0 spiro atoms. The lowest BCUT2D eigenvalue weighted by atomic mass is 9.55. The Balaban J connectivity index is 1.70. The van der Waals surface area contributed by atoms with Crippen molar-refractivity contribution in [1.29, 1.82) is 5.41 Å². The minimum Gasteiger partial charge on any atom is -0.387 e. The second kappa shape index (κ2) is 9.07. The van der Waals surface area contributed by atoms with E-state index in [9.17, 15) is 9.50 Å². The topological polar surface area (TPSA) is 69.3 Å². The summed E-state index contributed by atoms with van der Waals surface area (Å²) >= 11 is 0. The highest BCUT2D eigenvalue weighted by molar-refractivity contribution is 6.08. The van der Waals surface area contributed by atoms with E-state index < -0.39 is 6.10 Å². The van der Waals surface area contributed by atoms with Crippen LogP contribution < -0.4 is 0 Å². The van der Waals surface area contributed by atoms with E-state index in [0.29, 0.717) is 12.1 Å². The smallest absolute Gasteiger partial charge is 0.123 e. The van der Waals surface area contributed by atoms with Gasteiger partial charge in [0.25, 0.3) is 0 Å². The van der Waals surface area contributed by atoms with Gasteiger partial charge in [-0.05, 0) is 85.4 Å². The van der Waals surface area contributed by atoms with Crippen LogP contribution in [0.15, 0.2) is 65.3 Å². The van der Waals surface area contributed by atoms with E-state index in [1.807, 2.05) is 18.2 Å². The normalized spacial score (nSPS) is 29.4. The number of nitrogens with one attached hydrogen (secondary N) is 1. The molecule has 32 heavy (non-hydrogen) atoms. The van der Waals surface area contributed by atoms with Gasteiger partial charge in [0.2, 0.25) is 0 Å². The number of aliphatic imine (C=N–C) groups is 1. The summed E-state index contributed by atoms with van der Waals surface area (Å²) in [6.45, 7) is 4.52. The second-order valence-corrected chi connectivity index (χ2v) is 9.50. The summed E-state index contributed by atoms with van der Waals surface area (Å²) in [5, 5.41) is 19.2. The van der Waals surface area contributed by atoms with Crippen LogP contribution in [0.1, 0.15) is 64.2 Å². The summed E-state index contributed by atoms with van der Waals surface area (Å²) in [5.41, 5.74) is 3.50. The number of fused-ring (bicyclic) bond motifs is 1. The molecule has 1 aromatic carbocycles. The number of pyridine rings is 1. The summed E-state index contributed by atoms with van der Waals surface area (Å²) in [6, 6.07) is 11.9. The predicted molar refractivity (Wildman–Crippen MR) is 127 cm³/mol. The van der Waals surface area contributed by atoms with Gasteiger partial charge in [-0.2, -0.15) is 0 Å². The number of benzene rings is 1. The first-order valence-corrected chi connectivity index (χ1v) is 11.6. The highest BCUT2D eigenvalue weighted by Crippen LogP contribution is 2.65. The molecule has 1 saturated carbocycles. The Bertz CT molecular complexity index is 1020. The summed E-state index contributed by atoms with van der Waals surface area (Å²) < 4.78 is 13.3. The van der Waals surface area contributed by atoms with E-state index in [2.05, 4.69) is 24.9 Å². The Morgan fingerprint density at radius 1 is 1.28 bits per heavy atom. The Morgan fingerprint density at radius 2 is 2.06 bits per heavy atom. The van der Waals surface area contributed by atoms with Gasteiger partial charge in [-0.1, -0.05) is 31.9 Å². The van der Waals surface area contributed by atoms with Gasteiger partial charge in [0, 0.05) is 24.0 Å². The largest absolute Gasteiger partial charge is 0.387 e. The van der Waals surface area contributed by atoms with Gasteiger partial charge in [-0.25, -0.2) is 4.39 Å². The number of aliphatic hydroxyl groups is 1. The Hall–Kier alpha value is -2.66. The number of aromatic nitrogens is 1. The maximum Gasteiger partial charge on any atom is 0.123 e. The van der Waals surface area contributed by atoms with Gasteiger partial charge < -0.3 is 10.5 Å². The van der Waals surface area contributed by atoms with Crippen molar-refractivity contribution in [3.63, 3.8) is 0 Å². The zero-order valence-electron chi connectivity index (χ0n) is 18.9. The molecule has 1 aromatic heterocycles. The molecule has 168 valence electrons. The SMILES string of the molecule is CCCC1(CC(O)c2ccccn2)CCC2=CC(=Nc3ccc(F)cc3)C(C=N)CC21C. The quantitative estimate of drug-likeness (QED) is 0.483. The molecule has 0 radical (unpaired) electrons. The summed E-state index contributed by atoms with van der Waals surface area (Å²) in [7, 11) is 0. The molecule has 1 heterocycles. The third kappa shape index (κ3) is 4.06. The van der Waals surface area contributed by atoms with Gasteiger partial charge in [0.05, 0.1) is 17.5 Å². The fourth-order valence-corrected chi connectivity index (χ4v) is 5.96. The lowest BCUT2D eigenvalue weighted by molar-refractivity contribution is 0.0162. The number of hydrogen-bond acceptors (Lipinski definition) is 4.